The number of carbonyl (C=O) groups excluding carboxylic acids is 3. The molecule has 0 aliphatic rings. The molecule has 0 saturated heterocycles. The summed E-state index contributed by atoms with van der Waals surface area (Å²) >= 11 is 6.34. The maximum absolute atomic E-state index is 14.7. The number of nitrogens with one attached hydrogen (secondary N) is 1. The number of halogens is 6. The van der Waals surface area contributed by atoms with E-state index in [4.69, 9.17) is 15.6 Å². The number of esters is 2. The molecule has 2 atom stereocenters. The summed E-state index contributed by atoms with van der Waals surface area (Å²) in [6.07, 6.45) is 2.65. The highest BCUT2D eigenvalue weighted by Gasteiger charge is 2.44. The van der Waals surface area contributed by atoms with Crippen LogP contribution in [0.2, 0.25) is 0 Å². The van der Waals surface area contributed by atoms with E-state index in [2.05, 4.69) is 58.7 Å². The van der Waals surface area contributed by atoms with Crippen LogP contribution in [0.25, 0.3) is 32.9 Å². The molecule has 65 heavy (non-hydrogen) atoms. The second-order valence-corrected chi connectivity index (χ2v) is 16.8. The highest BCUT2D eigenvalue weighted by molar-refractivity contribution is 9.10. The van der Waals surface area contributed by atoms with Gasteiger partial charge < -0.3 is 25.6 Å². The Morgan fingerprint density at radius 2 is 1.14 bits per heavy atom. The number of aliphatic carboxylic acids is 1. The third kappa shape index (κ3) is 12.6. The number of aromatic nitrogens is 4. The van der Waals surface area contributed by atoms with Crippen LogP contribution in [-0.2, 0) is 28.7 Å². The molecule has 2 heterocycles. The van der Waals surface area contributed by atoms with Crippen LogP contribution < -0.4 is 11.1 Å². The zero-order valence-electron chi connectivity index (χ0n) is 34.4. The number of carbonyl (C=O) groups is 4. The summed E-state index contributed by atoms with van der Waals surface area (Å²) in [4.78, 5) is 52.8. The minimum Gasteiger partial charge on any atom is -0.476 e. The Labute approximate surface area is 393 Å². The van der Waals surface area contributed by atoms with Crippen molar-refractivity contribution in [2.45, 2.75) is 60.6 Å². The normalized spacial score (nSPS) is 12.0. The molecule has 2 aromatic heterocycles. The van der Waals surface area contributed by atoms with Gasteiger partial charge in [-0.15, -0.1) is 0 Å². The highest BCUT2D eigenvalue weighted by atomic mass is 79.9. The number of fused-ring (bicyclic) bond motifs is 2. The Morgan fingerprint density at radius 3 is 1.51 bits per heavy atom. The van der Waals surface area contributed by atoms with Gasteiger partial charge in [0.2, 0.25) is 0 Å². The monoisotopic (exact) mass is 1060 g/mol. The zero-order valence-corrected chi connectivity index (χ0v) is 39.2. The minimum atomic E-state index is -4.02. The van der Waals surface area contributed by atoms with Crippen molar-refractivity contribution in [3.63, 3.8) is 0 Å². The molecule has 0 bridgehead atoms. The summed E-state index contributed by atoms with van der Waals surface area (Å²) in [7, 11) is 0. The van der Waals surface area contributed by atoms with Crippen LogP contribution >= 0.6 is 55.4 Å². The molecule has 0 fully saturated rings. The number of hydrogen-bond acceptors (Lipinski definition) is 13. The molecule has 6 rings (SSSR count). The van der Waals surface area contributed by atoms with E-state index < -0.39 is 40.4 Å². The number of ether oxygens (including phenoxy) is 2. The van der Waals surface area contributed by atoms with E-state index in [9.17, 15) is 47.3 Å². The highest BCUT2D eigenvalue weighted by Crippen LogP contribution is 2.41. The van der Waals surface area contributed by atoms with E-state index >= 15 is 0 Å². The van der Waals surface area contributed by atoms with Crippen LogP contribution in [0.15, 0.2) is 105 Å². The van der Waals surface area contributed by atoms with Crippen molar-refractivity contribution in [2.24, 2.45) is 5.73 Å². The second-order valence-electron chi connectivity index (χ2n) is 13.0. The standard InChI is InChI=1S/C21H17BrF2N4O3S.C16H8BrF2N3O2S.C5H11NO2/c1-3-31-18(29)12(2)27-19(30)21(23,24)32-20-26-11-17(22)28(20)16-9-8-13(10-25)14-6-4-5-7-15(14)16;17-13-8-21-15(25-16(18,19)14(23)24)22(13)12-6-5-9(7-20)10-3-1-2-4-11(10)12;1-3-8-5(7)4(2)6/h4-9,11-12H,3H2,1-2H3,(H,27,30);1-6,8H,(H,23,24);4H,3,6H2,1-2H3. The van der Waals surface area contributed by atoms with Crippen molar-refractivity contribution >= 4 is 101 Å². The molecule has 2 unspecified atom stereocenters. The fourth-order valence-corrected chi connectivity index (χ4v) is 8.20. The first-order valence-electron chi connectivity index (χ1n) is 18.8. The van der Waals surface area contributed by atoms with E-state index in [0.29, 0.717) is 59.9 Å². The summed E-state index contributed by atoms with van der Waals surface area (Å²) in [5, 5.41) is 23.5. The lowest BCUT2D eigenvalue weighted by molar-refractivity contribution is -0.153. The van der Waals surface area contributed by atoms with Gasteiger partial charge in [0.05, 0.1) is 60.2 Å². The topological polar surface area (TPSA) is 228 Å². The quantitative estimate of drug-likeness (QED) is 0.0558. The molecule has 1 amide bonds. The molecule has 23 heteroatoms. The molecule has 0 aliphatic heterocycles. The van der Waals surface area contributed by atoms with Crippen LogP contribution in [0.5, 0.6) is 0 Å². The largest absolute Gasteiger partial charge is 0.476 e. The fraction of sp³-hybridized carbons (Fsp3) is 0.238. The summed E-state index contributed by atoms with van der Waals surface area (Å²) in [6, 6.07) is 23.0. The van der Waals surface area contributed by atoms with E-state index in [0.717, 1.165) is 0 Å². The first-order valence-corrected chi connectivity index (χ1v) is 22.0. The number of nitrogens with two attached hydrogens (primary N) is 1. The number of nitriles is 2. The van der Waals surface area contributed by atoms with Crippen molar-refractivity contribution in [3.05, 3.63) is 106 Å². The lowest BCUT2D eigenvalue weighted by Gasteiger charge is -2.19. The average Bonchev–Trinajstić information content (AvgIpc) is 3.81. The van der Waals surface area contributed by atoms with Gasteiger partial charge in [-0.25, -0.2) is 19.6 Å². The Bertz CT molecular complexity index is 2810. The molecule has 0 aliphatic carbocycles. The van der Waals surface area contributed by atoms with Gasteiger partial charge in [0, 0.05) is 21.5 Å². The predicted molar refractivity (Wildman–Crippen MR) is 241 cm³/mol. The van der Waals surface area contributed by atoms with Crippen molar-refractivity contribution in [1.82, 2.24) is 24.4 Å². The first kappa shape index (κ1) is 51.7. The minimum absolute atomic E-state index is 0.0588. The number of benzene rings is 4. The zero-order chi connectivity index (χ0) is 48.2. The van der Waals surface area contributed by atoms with Gasteiger partial charge in [-0.05, 0) is 107 Å². The average molecular weight is 1060 g/mol. The van der Waals surface area contributed by atoms with Gasteiger partial charge in [0.15, 0.2) is 10.3 Å². The van der Waals surface area contributed by atoms with Crippen LogP contribution in [0.3, 0.4) is 0 Å². The van der Waals surface area contributed by atoms with E-state index in [1.807, 2.05) is 5.32 Å². The summed E-state index contributed by atoms with van der Waals surface area (Å²) in [5.74, 6) is -5.03. The molecule has 0 radical (unpaired) electrons. The molecule has 4 aromatic carbocycles. The molecule has 340 valence electrons. The number of hydrogen-bond donors (Lipinski definition) is 3. The predicted octanol–water partition coefficient (Wildman–Crippen LogP) is 8.74. The summed E-state index contributed by atoms with van der Waals surface area (Å²) in [5.41, 5.74) is 7.03. The van der Waals surface area contributed by atoms with Crippen molar-refractivity contribution < 1.29 is 51.3 Å². The van der Waals surface area contributed by atoms with Crippen LogP contribution in [0.1, 0.15) is 38.8 Å². The van der Waals surface area contributed by atoms with Gasteiger partial charge >= 0.3 is 34.3 Å². The van der Waals surface area contributed by atoms with Crippen LogP contribution in [0.4, 0.5) is 17.6 Å². The summed E-state index contributed by atoms with van der Waals surface area (Å²) in [6.45, 7) is 6.64. The van der Waals surface area contributed by atoms with Gasteiger partial charge in [-0.1, -0.05) is 48.5 Å². The van der Waals surface area contributed by atoms with E-state index in [-0.39, 0.29) is 46.4 Å². The van der Waals surface area contributed by atoms with Crippen LogP contribution in [0, 0.1) is 22.7 Å². The van der Waals surface area contributed by atoms with Crippen molar-refractivity contribution in [1.29, 1.82) is 10.5 Å². The van der Waals surface area contributed by atoms with Gasteiger partial charge in [-0.2, -0.15) is 28.1 Å². The third-order valence-corrected chi connectivity index (χ3v) is 11.4. The third-order valence-electron chi connectivity index (χ3n) is 8.50. The summed E-state index contributed by atoms with van der Waals surface area (Å²) < 4.78 is 69.5. The second kappa shape index (κ2) is 22.8. The molecule has 0 saturated carbocycles. The number of alkyl halides is 4. The van der Waals surface area contributed by atoms with Gasteiger partial charge in [-0.3, -0.25) is 18.7 Å². The first-order chi connectivity index (χ1) is 30.7. The van der Waals surface area contributed by atoms with E-state index in [1.54, 1.807) is 93.6 Å². The number of amides is 1. The lowest BCUT2D eigenvalue weighted by Crippen LogP contribution is -2.46. The number of rotatable bonds is 13. The molecular weight excluding hydrogens is 1030 g/mol. The molecular formula is C42H36Br2F4N8O7S2. The number of imidazole rings is 2. The van der Waals surface area contributed by atoms with Crippen molar-refractivity contribution in [3.8, 4) is 23.5 Å². The maximum atomic E-state index is 14.7. The Hall–Kier alpha value is -5.98. The fourth-order valence-electron chi connectivity index (χ4n) is 5.56. The molecule has 4 N–H and O–H groups in total. The van der Waals surface area contributed by atoms with Gasteiger partial charge in [0.1, 0.15) is 21.3 Å². The number of thioether (sulfide) groups is 2. The molecule has 0 spiro atoms. The van der Waals surface area contributed by atoms with Gasteiger partial charge in [0.25, 0.3) is 0 Å². The number of carboxylic acid groups (broad SMARTS) is 1. The number of nitrogens with zero attached hydrogens (tertiary/aromatic N) is 6. The molecule has 15 nitrogen and oxygen atoms in total. The smallest absolute Gasteiger partial charge is 0.395 e. The SMILES string of the molecule is CCOC(=O)C(C)N.CCOC(=O)C(C)NC(=O)C(F)(F)Sc1ncc(Br)n1-c1ccc(C#N)c2ccccc12.N#Cc1ccc(-n2c(Br)cnc2SC(F)(F)C(=O)O)c2ccccc12. The Kier molecular flexibility index (Phi) is 18.1. The maximum Gasteiger partial charge on any atom is 0.395 e. The Balaban J connectivity index is 0.000000249. The molecule has 6 aromatic rings. The van der Waals surface area contributed by atoms with Crippen molar-refractivity contribution in [2.75, 3.05) is 13.2 Å². The van der Waals surface area contributed by atoms with E-state index in [1.165, 1.54) is 28.5 Å². The Morgan fingerprint density at radius 1 is 0.738 bits per heavy atom. The lowest BCUT2D eigenvalue weighted by atomic mass is 10.0. The van der Waals surface area contributed by atoms with Crippen LogP contribution in [-0.4, -0.2) is 83.8 Å². The number of carboxylic acids is 1.